The van der Waals surface area contributed by atoms with Gasteiger partial charge in [0.2, 0.25) is 0 Å². The van der Waals surface area contributed by atoms with Crippen molar-refractivity contribution in [2.24, 2.45) is 0 Å². The largest absolute Gasteiger partial charge is 0.362 e. The maximum absolute atomic E-state index is 8.77. The first-order valence-corrected chi connectivity index (χ1v) is 7.27. The molecule has 0 fully saturated rings. The van der Waals surface area contributed by atoms with Gasteiger partial charge in [-0.25, -0.2) is 0 Å². The van der Waals surface area contributed by atoms with Crippen LogP contribution in [0.4, 0.5) is 0 Å². The van der Waals surface area contributed by atoms with Gasteiger partial charge < -0.3 is 4.98 Å². The lowest BCUT2D eigenvalue weighted by Gasteiger charge is -2.09. The molecule has 22 heavy (non-hydrogen) atoms. The Labute approximate surface area is 130 Å². The molecule has 0 aliphatic carbocycles. The van der Waals surface area contributed by atoms with E-state index in [1.165, 1.54) is 0 Å². The lowest BCUT2D eigenvalue weighted by molar-refractivity contribution is 1.19. The maximum Gasteiger partial charge on any atom is 0.0798 e. The summed E-state index contributed by atoms with van der Waals surface area (Å²) in [6, 6.07) is 16.5. The highest BCUT2D eigenvalue weighted by molar-refractivity contribution is 5.81. The fraction of sp³-hybridized carbons (Fsp3) is 0.158. The fourth-order valence-electron chi connectivity index (χ4n) is 2.72. The Kier molecular flexibility index (Phi) is 3.76. The van der Waals surface area contributed by atoms with Gasteiger partial charge in [0.05, 0.1) is 18.2 Å². The van der Waals surface area contributed by atoms with Crippen LogP contribution in [0.5, 0.6) is 0 Å². The van der Waals surface area contributed by atoms with Gasteiger partial charge >= 0.3 is 0 Å². The summed E-state index contributed by atoms with van der Waals surface area (Å²) < 4.78 is 0. The van der Waals surface area contributed by atoms with Crippen molar-refractivity contribution in [3.63, 3.8) is 0 Å². The molecule has 3 aromatic rings. The van der Waals surface area contributed by atoms with Crippen LogP contribution in [0.2, 0.25) is 0 Å². The predicted octanol–water partition coefficient (Wildman–Crippen LogP) is 4.43. The minimum absolute atomic E-state index is 0.441. The summed E-state index contributed by atoms with van der Waals surface area (Å²) in [6.45, 7) is 4.12. The Bertz CT molecular complexity index is 836. The SMILES string of the molecule is Cc1cc(-c2ncccc2-c2ccc(CC#N)cc2)c(C)[nH]1. The zero-order valence-electron chi connectivity index (χ0n) is 12.7. The molecule has 2 heterocycles. The summed E-state index contributed by atoms with van der Waals surface area (Å²) in [5.74, 6) is 0. The zero-order valence-corrected chi connectivity index (χ0v) is 12.7. The van der Waals surface area contributed by atoms with Crippen LogP contribution in [-0.4, -0.2) is 9.97 Å². The number of hydrogen-bond acceptors (Lipinski definition) is 2. The lowest BCUT2D eigenvalue weighted by atomic mass is 9.98. The van der Waals surface area contributed by atoms with E-state index in [0.29, 0.717) is 6.42 Å². The van der Waals surface area contributed by atoms with Crippen molar-refractivity contribution >= 4 is 0 Å². The number of aryl methyl sites for hydroxylation is 2. The van der Waals surface area contributed by atoms with Crippen LogP contribution in [0.15, 0.2) is 48.7 Å². The summed E-state index contributed by atoms with van der Waals surface area (Å²) in [5, 5.41) is 8.77. The maximum atomic E-state index is 8.77. The number of nitrogens with zero attached hydrogens (tertiary/aromatic N) is 2. The molecule has 3 nitrogen and oxygen atoms in total. The third-order valence-corrected chi connectivity index (χ3v) is 3.76. The first-order chi connectivity index (χ1) is 10.7. The third kappa shape index (κ3) is 2.64. The molecule has 108 valence electrons. The quantitative estimate of drug-likeness (QED) is 0.775. The van der Waals surface area contributed by atoms with Crippen molar-refractivity contribution in [1.82, 2.24) is 9.97 Å². The molecule has 0 unspecified atom stereocenters. The first kappa shape index (κ1) is 14.1. The zero-order chi connectivity index (χ0) is 15.5. The van der Waals surface area contributed by atoms with Gasteiger partial charge in [0.15, 0.2) is 0 Å². The number of aromatic amines is 1. The minimum Gasteiger partial charge on any atom is -0.362 e. The molecule has 0 bridgehead atoms. The van der Waals surface area contributed by atoms with E-state index in [1.54, 1.807) is 0 Å². The molecule has 0 spiro atoms. The Morgan fingerprint density at radius 3 is 2.50 bits per heavy atom. The molecular weight excluding hydrogens is 270 g/mol. The molecule has 0 aliphatic heterocycles. The molecule has 0 atom stereocenters. The van der Waals surface area contributed by atoms with E-state index in [-0.39, 0.29) is 0 Å². The summed E-state index contributed by atoms with van der Waals surface area (Å²) in [7, 11) is 0. The molecule has 3 heteroatoms. The molecule has 3 rings (SSSR count). The second-order valence-electron chi connectivity index (χ2n) is 5.42. The number of nitriles is 1. The highest BCUT2D eigenvalue weighted by Crippen LogP contribution is 2.32. The van der Waals surface area contributed by atoms with Crippen molar-refractivity contribution in [2.45, 2.75) is 20.3 Å². The van der Waals surface area contributed by atoms with Crippen molar-refractivity contribution < 1.29 is 0 Å². The highest BCUT2D eigenvalue weighted by atomic mass is 14.7. The van der Waals surface area contributed by atoms with Gasteiger partial charge in [-0.1, -0.05) is 30.3 Å². The van der Waals surface area contributed by atoms with E-state index in [4.69, 9.17) is 5.26 Å². The van der Waals surface area contributed by atoms with Gasteiger partial charge in [-0.15, -0.1) is 0 Å². The standard InChI is InChI=1S/C19H17N3/c1-13-12-18(14(2)22-13)19-17(4-3-11-21-19)16-7-5-15(6-8-16)9-10-20/h3-8,11-12,22H,9H2,1-2H3. The van der Waals surface area contributed by atoms with Crippen molar-refractivity contribution in [1.29, 1.82) is 5.26 Å². The molecule has 1 aromatic carbocycles. The summed E-state index contributed by atoms with van der Waals surface area (Å²) in [4.78, 5) is 7.92. The van der Waals surface area contributed by atoms with E-state index in [9.17, 15) is 0 Å². The second-order valence-corrected chi connectivity index (χ2v) is 5.42. The molecule has 2 aromatic heterocycles. The van der Waals surface area contributed by atoms with Gasteiger partial charge in [-0.2, -0.15) is 5.26 Å². The molecule has 0 aliphatic rings. The van der Waals surface area contributed by atoms with E-state index in [0.717, 1.165) is 39.3 Å². The Morgan fingerprint density at radius 2 is 1.86 bits per heavy atom. The van der Waals surface area contributed by atoms with Crippen LogP contribution >= 0.6 is 0 Å². The first-order valence-electron chi connectivity index (χ1n) is 7.27. The summed E-state index contributed by atoms with van der Waals surface area (Å²) >= 11 is 0. The van der Waals surface area contributed by atoms with Crippen molar-refractivity contribution in [3.8, 4) is 28.5 Å². The number of aromatic nitrogens is 2. The summed E-state index contributed by atoms with van der Waals surface area (Å²) in [5.41, 5.74) is 7.63. The molecule has 0 radical (unpaired) electrons. The van der Waals surface area contributed by atoms with Crippen LogP contribution in [0.3, 0.4) is 0 Å². The third-order valence-electron chi connectivity index (χ3n) is 3.76. The van der Waals surface area contributed by atoms with Crippen LogP contribution in [0, 0.1) is 25.2 Å². The molecule has 0 saturated heterocycles. The number of hydrogen-bond donors (Lipinski definition) is 1. The normalized spacial score (nSPS) is 10.4. The van der Waals surface area contributed by atoms with Gasteiger partial charge in [0.1, 0.15) is 0 Å². The summed E-state index contributed by atoms with van der Waals surface area (Å²) in [6.07, 6.45) is 2.26. The monoisotopic (exact) mass is 287 g/mol. The predicted molar refractivity (Wildman–Crippen MR) is 88.3 cm³/mol. The lowest BCUT2D eigenvalue weighted by Crippen LogP contribution is -1.90. The average Bonchev–Trinajstić information content (AvgIpc) is 2.87. The van der Waals surface area contributed by atoms with Gasteiger partial charge in [-0.05, 0) is 37.1 Å². The van der Waals surface area contributed by atoms with Crippen LogP contribution in [0.1, 0.15) is 17.0 Å². The number of benzene rings is 1. The number of H-pyrrole nitrogens is 1. The van der Waals surface area contributed by atoms with Crippen LogP contribution in [0.25, 0.3) is 22.4 Å². The van der Waals surface area contributed by atoms with E-state index >= 15 is 0 Å². The second kappa shape index (κ2) is 5.87. The Morgan fingerprint density at radius 1 is 1.09 bits per heavy atom. The molecular formula is C19H17N3. The van der Waals surface area contributed by atoms with E-state index < -0.39 is 0 Å². The van der Waals surface area contributed by atoms with Crippen molar-refractivity contribution in [3.05, 3.63) is 65.6 Å². The number of rotatable bonds is 3. The number of pyridine rings is 1. The van der Waals surface area contributed by atoms with Crippen molar-refractivity contribution in [2.75, 3.05) is 0 Å². The molecule has 0 amide bonds. The topological polar surface area (TPSA) is 52.5 Å². The van der Waals surface area contributed by atoms with Gasteiger partial charge in [0, 0.05) is 28.7 Å². The Balaban J connectivity index is 2.08. The smallest absolute Gasteiger partial charge is 0.0798 e. The fourth-order valence-corrected chi connectivity index (χ4v) is 2.72. The van der Waals surface area contributed by atoms with E-state index in [2.05, 4.69) is 54.2 Å². The van der Waals surface area contributed by atoms with Gasteiger partial charge in [-0.3, -0.25) is 4.98 Å². The minimum atomic E-state index is 0.441. The average molecular weight is 287 g/mol. The van der Waals surface area contributed by atoms with Crippen LogP contribution in [-0.2, 0) is 6.42 Å². The Hall–Kier alpha value is -2.86. The highest BCUT2D eigenvalue weighted by Gasteiger charge is 2.12. The van der Waals surface area contributed by atoms with Gasteiger partial charge in [0.25, 0.3) is 0 Å². The molecule has 0 saturated carbocycles. The van der Waals surface area contributed by atoms with E-state index in [1.807, 2.05) is 24.4 Å². The van der Waals surface area contributed by atoms with Crippen LogP contribution < -0.4 is 0 Å². The molecule has 1 N–H and O–H groups in total. The number of nitrogens with one attached hydrogen (secondary N) is 1.